The number of anilines is 2. The van der Waals surface area contributed by atoms with E-state index in [4.69, 9.17) is 0 Å². The Bertz CT molecular complexity index is 850. The average Bonchev–Trinajstić information content (AvgIpc) is 2.67. The molecular weight excluding hydrogens is 324 g/mol. The summed E-state index contributed by atoms with van der Waals surface area (Å²) >= 11 is 0. The van der Waals surface area contributed by atoms with E-state index in [0.29, 0.717) is 18.2 Å². The molecule has 26 heavy (non-hydrogen) atoms. The summed E-state index contributed by atoms with van der Waals surface area (Å²) in [5.74, 6) is 0.299. The first-order chi connectivity index (χ1) is 12.6. The van der Waals surface area contributed by atoms with Gasteiger partial charge < -0.3 is 10.2 Å². The first kappa shape index (κ1) is 17.6. The van der Waals surface area contributed by atoms with Gasteiger partial charge in [0.05, 0.1) is 6.54 Å². The van der Waals surface area contributed by atoms with E-state index in [2.05, 4.69) is 27.4 Å². The molecule has 0 radical (unpaired) electrons. The van der Waals surface area contributed by atoms with E-state index in [-0.39, 0.29) is 11.9 Å². The highest BCUT2D eigenvalue weighted by molar-refractivity contribution is 5.92. The van der Waals surface area contributed by atoms with Crippen molar-refractivity contribution in [3.8, 4) is 0 Å². The number of para-hydroxylation sites is 1. The molecule has 3 aromatic rings. The number of rotatable bonds is 6. The van der Waals surface area contributed by atoms with Crippen LogP contribution in [0.25, 0.3) is 0 Å². The minimum absolute atomic E-state index is 0.0514. The van der Waals surface area contributed by atoms with Crippen LogP contribution in [0.4, 0.5) is 11.6 Å². The van der Waals surface area contributed by atoms with Gasteiger partial charge in [-0.2, -0.15) is 0 Å². The number of amides is 1. The van der Waals surface area contributed by atoms with Gasteiger partial charge in [0.25, 0.3) is 5.91 Å². The summed E-state index contributed by atoms with van der Waals surface area (Å²) < 4.78 is 0. The zero-order chi connectivity index (χ0) is 18.4. The van der Waals surface area contributed by atoms with E-state index in [0.717, 1.165) is 11.3 Å². The molecular formula is C21H22N4O. The third-order valence-corrected chi connectivity index (χ3v) is 3.79. The highest BCUT2D eigenvalue weighted by Gasteiger charge is 2.16. The van der Waals surface area contributed by atoms with Crippen LogP contribution in [0, 0.1) is 0 Å². The maximum atomic E-state index is 12.3. The lowest BCUT2D eigenvalue weighted by Gasteiger charge is -2.23. The molecule has 0 saturated heterocycles. The van der Waals surface area contributed by atoms with Crippen LogP contribution in [-0.4, -0.2) is 21.9 Å². The predicted molar refractivity (Wildman–Crippen MR) is 103 cm³/mol. The Kier molecular flexibility index (Phi) is 5.59. The van der Waals surface area contributed by atoms with E-state index < -0.39 is 0 Å². The molecule has 0 fully saturated rings. The summed E-state index contributed by atoms with van der Waals surface area (Å²) in [5.41, 5.74) is 2.47. The molecule has 0 atom stereocenters. The fourth-order valence-electron chi connectivity index (χ4n) is 2.59. The highest BCUT2D eigenvalue weighted by Crippen LogP contribution is 2.24. The van der Waals surface area contributed by atoms with Crippen molar-refractivity contribution in [2.45, 2.75) is 26.4 Å². The van der Waals surface area contributed by atoms with Crippen molar-refractivity contribution in [2.24, 2.45) is 0 Å². The molecule has 0 spiro atoms. The predicted octanol–water partition coefficient (Wildman–Crippen LogP) is 3.95. The van der Waals surface area contributed by atoms with Crippen molar-refractivity contribution in [3.63, 3.8) is 0 Å². The second-order valence-corrected chi connectivity index (χ2v) is 6.28. The highest BCUT2D eigenvalue weighted by atomic mass is 16.1. The van der Waals surface area contributed by atoms with Crippen LogP contribution in [0.2, 0.25) is 0 Å². The summed E-state index contributed by atoms with van der Waals surface area (Å²) in [6.45, 7) is 4.46. The number of carbonyl (C=O) groups excluding carboxylic acids is 1. The van der Waals surface area contributed by atoms with Crippen molar-refractivity contribution in [2.75, 3.05) is 4.90 Å². The minimum atomic E-state index is -0.198. The molecule has 1 heterocycles. The van der Waals surface area contributed by atoms with E-state index in [1.165, 1.54) is 0 Å². The first-order valence-electron chi connectivity index (χ1n) is 8.64. The zero-order valence-corrected chi connectivity index (χ0v) is 15.0. The lowest BCUT2D eigenvalue weighted by molar-refractivity contribution is 0.0938. The molecule has 0 saturated carbocycles. The molecule has 1 aromatic heterocycles. The summed E-state index contributed by atoms with van der Waals surface area (Å²) in [6, 6.07) is 21.7. The fourth-order valence-corrected chi connectivity index (χ4v) is 2.59. The standard InChI is InChI=1S/C21H22N4O/c1-16(2)23-20(26)19-13-14-22-21(24-19)25(18-11-7-4-8-12-18)15-17-9-5-3-6-10-17/h3-14,16H,15H2,1-2H3,(H,23,26). The first-order valence-corrected chi connectivity index (χ1v) is 8.64. The SMILES string of the molecule is CC(C)NC(=O)c1ccnc(N(Cc2ccccc2)c2ccccc2)n1. The van der Waals surface area contributed by atoms with Gasteiger partial charge in [-0.25, -0.2) is 9.97 Å². The van der Waals surface area contributed by atoms with Crippen molar-refractivity contribution in [1.29, 1.82) is 0 Å². The van der Waals surface area contributed by atoms with Gasteiger partial charge in [-0.05, 0) is 37.6 Å². The topological polar surface area (TPSA) is 58.1 Å². The van der Waals surface area contributed by atoms with Crippen LogP contribution in [-0.2, 0) is 6.54 Å². The normalized spacial score (nSPS) is 10.6. The molecule has 5 nitrogen and oxygen atoms in total. The summed E-state index contributed by atoms with van der Waals surface area (Å²) in [5, 5.41) is 2.87. The van der Waals surface area contributed by atoms with Crippen LogP contribution < -0.4 is 10.2 Å². The number of hydrogen-bond donors (Lipinski definition) is 1. The summed E-state index contributed by atoms with van der Waals surface area (Å²) in [6.07, 6.45) is 1.62. The number of aromatic nitrogens is 2. The van der Waals surface area contributed by atoms with Gasteiger partial charge in [-0.3, -0.25) is 4.79 Å². The molecule has 1 amide bonds. The third kappa shape index (κ3) is 4.45. The Morgan fingerprint density at radius 2 is 1.65 bits per heavy atom. The van der Waals surface area contributed by atoms with Crippen molar-refractivity contribution in [3.05, 3.63) is 84.2 Å². The molecule has 3 rings (SSSR count). The van der Waals surface area contributed by atoms with Crippen LogP contribution in [0.5, 0.6) is 0 Å². The Balaban J connectivity index is 1.95. The number of hydrogen-bond acceptors (Lipinski definition) is 4. The van der Waals surface area contributed by atoms with E-state index in [1.807, 2.05) is 67.3 Å². The van der Waals surface area contributed by atoms with Crippen LogP contribution in [0.1, 0.15) is 29.9 Å². The number of nitrogens with zero attached hydrogens (tertiary/aromatic N) is 3. The molecule has 5 heteroatoms. The van der Waals surface area contributed by atoms with Gasteiger partial charge in [0.2, 0.25) is 5.95 Å². The second kappa shape index (κ2) is 8.25. The Labute approximate surface area is 153 Å². The van der Waals surface area contributed by atoms with Crippen molar-refractivity contribution < 1.29 is 4.79 Å². The number of carbonyl (C=O) groups is 1. The molecule has 2 aromatic carbocycles. The molecule has 1 N–H and O–H groups in total. The minimum Gasteiger partial charge on any atom is -0.349 e. The maximum absolute atomic E-state index is 12.3. The van der Waals surface area contributed by atoms with Gasteiger partial charge in [-0.1, -0.05) is 48.5 Å². The second-order valence-electron chi connectivity index (χ2n) is 6.28. The van der Waals surface area contributed by atoms with Crippen molar-refractivity contribution >= 4 is 17.5 Å². The van der Waals surface area contributed by atoms with Crippen LogP contribution in [0.3, 0.4) is 0 Å². The van der Waals surface area contributed by atoms with Crippen molar-refractivity contribution in [1.82, 2.24) is 15.3 Å². The van der Waals surface area contributed by atoms with Gasteiger partial charge in [-0.15, -0.1) is 0 Å². The van der Waals surface area contributed by atoms with E-state index in [1.54, 1.807) is 12.3 Å². The molecule has 0 aliphatic rings. The maximum Gasteiger partial charge on any atom is 0.270 e. The number of benzene rings is 2. The van der Waals surface area contributed by atoms with Crippen LogP contribution in [0.15, 0.2) is 72.9 Å². The Hall–Kier alpha value is -3.21. The van der Waals surface area contributed by atoms with Gasteiger partial charge in [0, 0.05) is 17.9 Å². The molecule has 0 aliphatic carbocycles. The lowest BCUT2D eigenvalue weighted by atomic mass is 10.2. The van der Waals surface area contributed by atoms with E-state index >= 15 is 0 Å². The summed E-state index contributed by atoms with van der Waals surface area (Å²) in [4.78, 5) is 23.2. The lowest BCUT2D eigenvalue weighted by Crippen LogP contribution is -2.31. The van der Waals surface area contributed by atoms with Gasteiger partial charge in [0.1, 0.15) is 5.69 Å². The molecule has 0 bridgehead atoms. The quantitative estimate of drug-likeness (QED) is 0.734. The number of nitrogens with one attached hydrogen (secondary N) is 1. The average molecular weight is 346 g/mol. The third-order valence-electron chi connectivity index (χ3n) is 3.79. The monoisotopic (exact) mass is 346 g/mol. The Morgan fingerprint density at radius 1 is 1.00 bits per heavy atom. The molecule has 0 unspecified atom stereocenters. The van der Waals surface area contributed by atoms with Gasteiger partial charge >= 0.3 is 0 Å². The largest absolute Gasteiger partial charge is 0.349 e. The Morgan fingerprint density at radius 3 is 2.31 bits per heavy atom. The van der Waals surface area contributed by atoms with E-state index in [9.17, 15) is 4.79 Å². The summed E-state index contributed by atoms with van der Waals surface area (Å²) in [7, 11) is 0. The van der Waals surface area contributed by atoms with Gasteiger partial charge in [0.15, 0.2) is 0 Å². The fraction of sp³-hybridized carbons (Fsp3) is 0.190. The van der Waals surface area contributed by atoms with Crippen LogP contribution >= 0.6 is 0 Å². The zero-order valence-electron chi connectivity index (χ0n) is 15.0. The smallest absolute Gasteiger partial charge is 0.270 e. The molecule has 0 aliphatic heterocycles. The molecule has 132 valence electrons.